The van der Waals surface area contributed by atoms with Crippen LogP contribution in [0.3, 0.4) is 0 Å². The number of imide groups is 1. The van der Waals surface area contributed by atoms with E-state index in [2.05, 4.69) is 47.3 Å². The molecule has 0 radical (unpaired) electrons. The molecular weight excluding hydrogens is 1250 g/mol. The second kappa shape index (κ2) is 26.1. The number of hydrogen-bond acceptors (Lipinski definition) is 20. The lowest BCUT2D eigenvalue weighted by Crippen LogP contribution is -2.81. The van der Waals surface area contributed by atoms with Gasteiger partial charge >= 0.3 is 23.9 Å². The third-order valence-corrected chi connectivity index (χ3v) is 22.6. The Labute approximate surface area is 552 Å². The number of hydrogen-bond donors (Lipinski definition) is 11. The average Bonchev–Trinajstić information content (AvgIpc) is 1.51. The summed E-state index contributed by atoms with van der Waals surface area (Å²) < 4.78 is 12.4. The number of anilines is 2. The minimum atomic E-state index is -2.58. The summed E-state index contributed by atoms with van der Waals surface area (Å²) in [5.41, 5.74) is 0.373. The van der Waals surface area contributed by atoms with Crippen LogP contribution in [-0.4, -0.2) is 224 Å². The Hall–Kier alpha value is -8.25. The fourth-order valence-electron chi connectivity index (χ4n) is 17.0. The van der Waals surface area contributed by atoms with Crippen LogP contribution >= 0.6 is 11.8 Å². The van der Waals surface area contributed by atoms with Crippen LogP contribution in [0.25, 0.3) is 10.9 Å². The van der Waals surface area contributed by atoms with Crippen molar-refractivity contribution >= 4 is 93.2 Å². The van der Waals surface area contributed by atoms with Gasteiger partial charge in [-0.2, -0.15) is 5.10 Å². The highest BCUT2D eigenvalue weighted by Gasteiger charge is 2.79. The van der Waals surface area contributed by atoms with Gasteiger partial charge in [-0.15, -0.1) is 11.8 Å². The van der Waals surface area contributed by atoms with Gasteiger partial charge in [0, 0.05) is 96.2 Å². The summed E-state index contributed by atoms with van der Waals surface area (Å²) in [7, 11) is 6.00. The molecule has 2 bridgehead atoms. The molecule has 7 heterocycles. The van der Waals surface area contributed by atoms with Crippen molar-refractivity contribution in [3.63, 3.8) is 0 Å². The zero-order valence-corrected chi connectivity index (χ0v) is 54.8. The van der Waals surface area contributed by atoms with E-state index in [0.717, 1.165) is 38.7 Å². The van der Waals surface area contributed by atoms with E-state index in [-0.39, 0.29) is 30.2 Å². The first-order valence-corrected chi connectivity index (χ1v) is 33.0. The lowest BCUT2D eigenvalue weighted by Gasteiger charge is -2.63. The van der Waals surface area contributed by atoms with E-state index in [4.69, 9.17) is 14.6 Å². The van der Waals surface area contributed by atoms with Gasteiger partial charge in [0.25, 0.3) is 5.91 Å². The maximum absolute atomic E-state index is 15.6. The van der Waals surface area contributed by atoms with Crippen molar-refractivity contribution < 1.29 is 83.3 Å². The molecule has 7 aliphatic rings. The lowest BCUT2D eigenvalue weighted by atomic mass is 9.47. The van der Waals surface area contributed by atoms with E-state index in [1.54, 1.807) is 33.2 Å². The van der Waals surface area contributed by atoms with E-state index in [0.29, 0.717) is 93.1 Å². The van der Waals surface area contributed by atoms with Gasteiger partial charge < -0.3 is 65.9 Å². The summed E-state index contributed by atoms with van der Waals surface area (Å²) in [6.07, 6.45) is 2.69. The number of carbonyl (C=O) groups excluding carboxylic acids is 6. The summed E-state index contributed by atoms with van der Waals surface area (Å²) in [6, 6.07) is 11.4. The van der Waals surface area contributed by atoms with E-state index in [1.807, 2.05) is 61.2 Å². The van der Waals surface area contributed by atoms with Gasteiger partial charge in [-0.25, -0.2) is 15.1 Å². The van der Waals surface area contributed by atoms with Crippen molar-refractivity contribution in [1.82, 2.24) is 36.2 Å². The van der Waals surface area contributed by atoms with Crippen LogP contribution in [0.5, 0.6) is 5.75 Å². The molecular formula is C67H82N10O17S. The first-order chi connectivity index (χ1) is 45.2. The van der Waals surface area contributed by atoms with Crippen LogP contribution in [-0.2, 0) is 65.1 Å². The Kier molecular flexibility index (Phi) is 18.7. The molecule has 508 valence electrons. The zero-order valence-electron chi connectivity index (χ0n) is 54.0. The number of amides is 5. The van der Waals surface area contributed by atoms with E-state index < -0.39 is 141 Å². The maximum Gasteiger partial charge on any atom is 0.327 e. The van der Waals surface area contributed by atoms with Gasteiger partial charge in [-0.05, 0) is 106 Å². The van der Waals surface area contributed by atoms with Crippen LogP contribution in [0.15, 0.2) is 77.9 Å². The molecule has 11 rings (SSSR count). The van der Waals surface area contributed by atoms with Gasteiger partial charge in [0.2, 0.25) is 23.6 Å². The minimum absolute atomic E-state index is 0.148. The molecule has 6 aliphatic heterocycles. The standard InChI is InChI=1S/C67H82N10O17S/c1-8-63(91)30-36-31-66(62(90)94-7,53-40(19-23-75(32-36)34-63)39-13-10-11-14-43(39)69-53)42-25-41-47(28-48(42)93-6)74(5)59-65(41)21-24-76-22-12-20-64(9-2,58(65)76)60(88)67(59,92)61(89)73-72-35(3)37-15-17-38(18-16-37)77-50(78)29-49(56(77)85)95-33-46(57(86)87)71-55(84)45(27-52(81)82)70-54(83)44(68-4)26-51(79)80/h10-18,20,25,28,36,44-46,49,58-60,68-69,88,91-92H,8-9,19,21-24,26-27,29-34H2,1-7H3,(H,70,83)(H,71,84)(H,73,89)(H,79,80)(H,81,82)(H,86,87)/b72-35+/t36-,44+,45+,46+,49?,58+,59-,60-,63+,64-,65-,66+,67+/m1/s1. The number of carboxylic acid groups (broad SMARTS) is 3. The Bertz CT molecular complexity index is 3840. The smallest absolute Gasteiger partial charge is 0.327 e. The normalized spacial score (nSPS) is 30.1. The highest BCUT2D eigenvalue weighted by Crippen LogP contribution is 2.68. The Morgan fingerprint density at radius 1 is 0.863 bits per heavy atom. The number of benzene rings is 3. The van der Waals surface area contributed by atoms with E-state index >= 15 is 9.59 Å². The number of aliphatic carboxylic acids is 3. The summed E-state index contributed by atoms with van der Waals surface area (Å²) in [5, 5.41) is 78.9. The number of aromatic nitrogens is 1. The van der Waals surface area contributed by atoms with Crippen molar-refractivity contribution in [3.8, 4) is 5.75 Å². The second-order valence-corrected chi connectivity index (χ2v) is 27.6. The molecule has 3 saturated heterocycles. The van der Waals surface area contributed by atoms with E-state index in [1.165, 1.54) is 26.3 Å². The van der Waals surface area contributed by atoms with Crippen LogP contribution in [0.2, 0.25) is 0 Å². The number of aliphatic hydroxyl groups is 3. The minimum Gasteiger partial charge on any atom is -0.496 e. The van der Waals surface area contributed by atoms with Crippen LogP contribution < -0.4 is 35.9 Å². The van der Waals surface area contributed by atoms with Gasteiger partial charge in [-0.3, -0.25) is 48.2 Å². The largest absolute Gasteiger partial charge is 0.496 e. The molecule has 4 fully saturated rings. The van der Waals surface area contributed by atoms with E-state index in [9.17, 15) is 59.1 Å². The molecule has 5 amide bonds. The zero-order chi connectivity index (χ0) is 68.4. The Morgan fingerprint density at radius 2 is 1.56 bits per heavy atom. The van der Waals surface area contributed by atoms with Crippen LogP contribution in [0.1, 0.15) is 100 Å². The lowest BCUT2D eigenvalue weighted by molar-refractivity contribution is -0.203. The molecule has 4 aromatic rings. The van der Waals surface area contributed by atoms with Gasteiger partial charge in [-0.1, -0.05) is 56.3 Å². The number of thioether (sulfide) groups is 1. The number of hydrazone groups is 1. The maximum atomic E-state index is 15.6. The number of methoxy groups -OCH3 is 2. The summed E-state index contributed by atoms with van der Waals surface area (Å²) in [6.45, 7) is 8.36. The monoisotopic (exact) mass is 1330 g/mol. The highest BCUT2D eigenvalue weighted by atomic mass is 32.2. The molecule has 11 N–H and O–H groups in total. The van der Waals surface area contributed by atoms with Crippen molar-refractivity contribution in [2.45, 2.75) is 142 Å². The fraction of sp³-hybridized carbons (Fsp3) is 0.522. The molecule has 1 aliphatic carbocycles. The van der Waals surface area contributed by atoms with Crippen molar-refractivity contribution in [3.05, 3.63) is 101 Å². The summed E-state index contributed by atoms with van der Waals surface area (Å²) >= 11 is 0.757. The number of fused-ring (bicyclic) bond motifs is 6. The van der Waals surface area contributed by atoms with Crippen molar-refractivity contribution in [2.75, 3.05) is 76.6 Å². The number of piperidine rings is 1. The van der Waals surface area contributed by atoms with Gasteiger partial charge in [0.05, 0.1) is 61.4 Å². The molecule has 14 atom stereocenters. The number of para-hydroxylation sites is 1. The predicted molar refractivity (Wildman–Crippen MR) is 348 cm³/mol. The molecule has 3 aromatic carbocycles. The first kappa shape index (κ1) is 68.1. The molecule has 27 nitrogen and oxygen atoms in total. The summed E-state index contributed by atoms with van der Waals surface area (Å²) in [5.74, 6) is -9.82. The van der Waals surface area contributed by atoms with Gasteiger partial charge in [0.15, 0.2) is 5.60 Å². The SMILES string of the molecule is CC[C@]1(O)C[C@H]2CN(CCc3c([nH]c4ccccc34)[C@@](C(=O)OC)(c3cc4c(cc3OC)N(C)[C@H]3[C@@](O)(C(=O)N/N=C(\C)c5ccc(N6C(=O)CC(SC[C@H](NC(=O)[C@H](CC(=O)O)NC(=O)[C@H](CC(=O)O)NC)C(=O)O)C6=O)cc5)[C@H](O)[C@]5(CC)C=CCN6CC[C@]43[C@@H]65)C2)C1. The number of H-pyrrole nitrogens is 1. The van der Waals surface area contributed by atoms with Crippen LogP contribution in [0, 0.1) is 11.3 Å². The topological polar surface area (TPSA) is 383 Å². The quantitative estimate of drug-likeness (QED) is 0.0175. The third-order valence-electron chi connectivity index (χ3n) is 21.3. The molecule has 1 spiro atoms. The molecule has 1 aromatic heterocycles. The van der Waals surface area contributed by atoms with Crippen molar-refractivity contribution in [2.24, 2.45) is 16.4 Å². The Balaban J connectivity index is 0.876. The highest BCUT2D eigenvalue weighted by molar-refractivity contribution is 8.00. The number of esters is 1. The molecule has 28 heteroatoms. The number of nitrogens with one attached hydrogen (secondary N) is 5. The number of aliphatic hydroxyl groups excluding tert-OH is 1. The number of likely N-dealkylation sites (N-methyl/N-ethyl adjacent to an activating group) is 2. The number of nitrogens with zero attached hydrogens (tertiary/aromatic N) is 5. The van der Waals surface area contributed by atoms with Crippen molar-refractivity contribution in [1.29, 1.82) is 0 Å². The molecule has 2 unspecified atom stereocenters. The average molecular weight is 1330 g/mol. The number of ether oxygens (including phenoxy) is 2. The number of rotatable bonds is 22. The van der Waals surface area contributed by atoms with Gasteiger partial charge in [0.1, 0.15) is 29.4 Å². The Morgan fingerprint density at radius 3 is 2.22 bits per heavy atom. The fourth-order valence-corrected chi connectivity index (χ4v) is 18.2. The predicted octanol–water partition coefficient (Wildman–Crippen LogP) is 1.74. The number of carbonyl (C=O) groups is 9. The molecule has 95 heavy (non-hydrogen) atoms. The third kappa shape index (κ3) is 11.4. The second-order valence-electron chi connectivity index (χ2n) is 26.4. The number of aromatic amines is 1. The first-order valence-electron chi connectivity index (χ1n) is 32.0. The number of carboxylic acids is 3. The molecule has 1 saturated carbocycles. The summed E-state index contributed by atoms with van der Waals surface area (Å²) in [4.78, 5) is 131. The van der Waals surface area contributed by atoms with Crippen LogP contribution in [0.4, 0.5) is 11.4 Å².